The molecule has 4 rings (SSSR count). The first kappa shape index (κ1) is 15.9. The lowest BCUT2D eigenvalue weighted by atomic mass is 10.1. The van der Waals surface area contributed by atoms with Gasteiger partial charge < -0.3 is 14.1 Å². The van der Waals surface area contributed by atoms with Crippen molar-refractivity contribution in [3.05, 3.63) is 40.7 Å². The zero-order valence-electron chi connectivity index (χ0n) is 14.5. The van der Waals surface area contributed by atoms with E-state index in [0.29, 0.717) is 36.7 Å². The van der Waals surface area contributed by atoms with E-state index in [-0.39, 0.29) is 17.2 Å². The number of aromatic nitrogens is 4. The number of furan rings is 1. The standard InChI is InChI=1S/C17H21N5O3/c1-17(2,3)22-14-11(9-18-22)15(23)20-16(19-14)21-6-8-25-13(10-21)12-5-4-7-24-12/h4-5,7,9,13H,6,8,10H2,1-3H3,(H,19,20,23). The van der Waals surface area contributed by atoms with E-state index in [1.54, 1.807) is 17.1 Å². The molecule has 1 aliphatic heterocycles. The third-order valence-corrected chi connectivity index (χ3v) is 4.29. The molecular formula is C17H21N5O3. The number of morpholine rings is 1. The minimum Gasteiger partial charge on any atom is -0.467 e. The lowest BCUT2D eigenvalue weighted by Gasteiger charge is -2.32. The Labute approximate surface area is 144 Å². The third-order valence-electron chi connectivity index (χ3n) is 4.29. The monoisotopic (exact) mass is 343 g/mol. The van der Waals surface area contributed by atoms with Crippen molar-refractivity contribution in [3.8, 4) is 0 Å². The molecule has 8 heteroatoms. The number of fused-ring (bicyclic) bond motifs is 1. The van der Waals surface area contributed by atoms with Gasteiger partial charge in [-0.15, -0.1) is 0 Å². The Kier molecular flexibility index (Phi) is 3.64. The van der Waals surface area contributed by atoms with Gasteiger partial charge in [0.2, 0.25) is 5.95 Å². The normalized spacial score (nSPS) is 18.8. The van der Waals surface area contributed by atoms with Crippen LogP contribution in [0.15, 0.2) is 33.8 Å². The second-order valence-corrected chi connectivity index (χ2v) is 7.17. The molecular weight excluding hydrogens is 322 g/mol. The minimum atomic E-state index is -0.262. The Balaban J connectivity index is 1.72. The molecule has 0 spiro atoms. The summed E-state index contributed by atoms with van der Waals surface area (Å²) in [7, 11) is 0. The average molecular weight is 343 g/mol. The Morgan fingerprint density at radius 2 is 2.20 bits per heavy atom. The van der Waals surface area contributed by atoms with Gasteiger partial charge >= 0.3 is 0 Å². The van der Waals surface area contributed by atoms with E-state index in [9.17, 15) is 4.79 Å². The summed E-state index contributed by atoms with van der Waals surface area (Å²) in [5.74, 6) is 1.30. The Morgan fingerprint density at radius 1 is 1.36 bits per heavy atom. The summed E-state index contributed by atoms with van der Waals surface area (Å²) >= 11 is 0. The number of ether oxygens (including phenoxy) is 1. The Morgan fingerprint density at radius 3 is 2.92 bits per heavy atom. The zero-order valence-corrected chi connectivity index (χ0v) is 14.5. The van der Waals surface area contributed by atoms with Crippen molar-refractivity contribution in [1.82, 2.24) is 19.7 Å². The van der Waals surface area contributed by atoms with Gasteiger partial charge in [-0.1, -0.05) is 0 Å². The lowest BCUT2D eigenvalue weighted by Crippen LogP contribution is -2.40. The molecule has 25 heavy (non-hydrogen) atoms. The molecule has 1 saturated heterocycles. The van der Waals surface area contributed by atoms with Crippen LogP contribution >= 0.6 is 0 Å². The fourth-order valence-corrected chi connectivity index (χ4v) is 3.04. The number of hydrogen-bond acceptors (Lipinski definition) is 6. The van der Waals surface area contributed by atoms with Crippen molar-refractivity contribution in [2.45, 2.75) is 32.4 Å². The van der Waals surface area contributed by atoms with E-state index in [2.05, 4.69) is 15.1 Å². The fraction of sp³-hybridized carbons (Fsp3) is 0.471. The number of rotatable bonds is 2. The maximum absolute atomic E-state index is 12.5. The van der Waals surface area contributed by atoms with Crippen molar-refractivity contribution in [2.24, 2.45) is 0 Å². The first-order valence-electron chi connectivity index (χ1n) is 8.32. The van der Waals surface area contributed by atoms with E-state index < -0.39 is 0 Å². The summed E-state index contributed by atoms with van der Waals surface area (Å²) in [6.07, 6.45) is 3.02. The lowest BCUT2D eigenvalue weighted by molar-refractivity contribution is 0.0252. The van der Waals surface area contributed by atoms with Gasteiger partial charge in [-0.3, -0.25) is 9.78 Å². The molecule has 4 heterocycles. The fourth-order valence-electron chi connectivity index (χ4n) is 3.04. The highest BCUT2D eigenvalue weighted by atomic mass is 16.5. The van der Waals surface area contributed by atoms with Crippen LogP contribution < -0.4 is 10.5 Å². The molecule has 132 valence electrons. The Bertz CT molecular complexity index is 935. The van der Waals surface area contributed by atoms with Gasteiger partial charge in [-0.2, -0.15) is 10.1 Å². The molecule has 1 unspecified atom stereocenters. The quantitative estimate of drug-likeness (QED) is 0.766. The summed E-state index contributed by atoms with van der Waals surface area (Å²) in [5, 5.41) is 4.84. The summed E-state index contributed by atoms with van der Waals surface area (Å²) < 4.78 is 13.0. The van der Waals surface area contributed by atoms with Gasteiger partial charge in [0.1, 0.15) is 17.3 Å². The van der Waals surface area contributed by atoms with Crippen LogP contribution in [0, 0.1) is 0 Å². The van der Waals surface area contributed by atoms with Crippen LogP contribution in [-0.2, 0) is 10.3 Å². The van der Waals surface area contributed by atoms with E-state index >= 15 is 0 Å². The highest BCUT2D eigenvalue weighted by Gasteiger charge is 2.27. The second kappa shape index (κ2) is 5.73. The van der Waals surface area contributed by atoms with Crippen molar-refractivity contribution in [3.63, 3.8) is 0 Å². The largest absolute Gasteiger partial charge is 0.467 e. The topological polar surface area (TPSA) is 89.2 Å². The van der Waals surface area contributed by atoms with E-state index in [4.69, 9.17) is 9.15 Å². The van der Waals surface area contributed by atoms with Crippen LogP contribution in [0.3, 0.4) is 0 Å². The van der Waals surface area contributed by atoms with Crippen molar-refractivity contribution < 1.29 is 9.15 Å². The maximum atomic E-state index is 12.5. The molecule has 0 aromatic carbocycles. The molecule has 0 amide bonds. The number of hydrogen-bond donors (Lipinski definition) is 1. The minimum absolute atomic E-state index is 0.183. The summed E-state index contributed by atoms with van der Waals surface area (Å²) in [6, 6.07) is 3.73. The first-order valence-corrected chi connectivity index (χ1v) is 8.32. The number of nitrogens with one attached hydrogen (secondary N) is 1. The molecule has 3 aromatic heterocycles. The number of H-pyrrole nitrogens is 1. The van der Waals surface area contributed by atoms with Gasteiger partial charge in [0.15, 0.2) is 5.65 Å². The number of nitrogens with zero attached hydrogens (tertiary/aromatic N) is 4. The van der Waals surface area contributed by atoms with Crippen molar-refractivity contribution >= 4 is 17.0 Å². The van der Waals surface area contributed by atoms with Crippen LogP contribution in [0.4, 0.5) is 5.95 Å². The first-order chi connectivity index (χ1) is 11.9. The Hall–Kier alpha value is -2.61. The van der Waals surface area contributed by atoms with Crippen molar-refractivity contribution in [1.29, 1.82) is 0 Å². The molecule has 1 fully saturated rings. The molecule has 1 N–H and O–H groups in total. The predicted molar refractivity (Wildman–Crippen MR) is 92.8 cm³/mol. The maximum Gasteiger partial charge on any atom is 0.263 e. The smallest absolute Gasteiger partial charge is 0.263 e. The number of aromatic amines is 1. The highest BCUT2D eigenvalue weighted by molar-refractivity contribution is 5.74. The molecule has 3 aromatic rings. The van der Waals surface area contributed by atoms with E-state index in [1.165, 1.54) is 0 Å². The predicted octanol–water partition coefficient (Wildman–Crippen LogP) is 2.05. The second-order valence-electron chi connectivity index (χ2n) is 7.17. The molecule has 0 bridgehead atoms. The highest BCUT2D eigenvalue weighted by Crippen LogP contribution is 2.25. The SMILES string of the molecule is CC(C)(C)n1ncc2c(=O)[nH]c(N3CCOC(c4ccco4)C3)nc21. The molecule has 0 aliphatic carbocycles. The molecule has 1 atom stereocenters. The van der Waals surface area contributed by atoms with Gasteiger partial charge in [0, 0.05) is 6.54 Å². The molecule has 1 aliphatic rings. The van der Waals surface area contributed by atoms with E-state index in [0.717, 1.165) is 5.76 Å². The van der Waals surface area contributed by atoms with Crippen LogP contribution in [0.5, 0.6) is 0 Å². The zero-order chi connectivity index (χ0) is 17.6. The van der Waals surface area contributed by atoms with Crippen LogP contribution in [-0.4, -0.2) is 39.4 Å². The third kappa shape index (κ3) is 2.82. The van der Waals surface area contributed by atoms with E-state index in [1.807, 2.05) is 37.8 Å². The summed E-state index contributed by atoms with van der Waals surface area (Å²) in [5.41, 5.74) is 0.144. The average Bonchev–Trinajstić information content (AvgIpc) is 3.24. The van der Waals surface area contributed by atoms with Crippen molar-refractivity contribution in [2.75, 3.05) is 24.6 Å². The number of anilines is 1. The van der Waals surface area contributed by atoms with Gasteiger partial charge in [-0.25, -0.2) is 4.68 Å². The molecule has 0 saturated carbocycles. The van der Waals surface area contributed by atoms with Gasteiger partial charge in [0.05, 0.1) is 31.2 Å². The van der Waals surface area contributed by atoms with Crippen LogP contribution in [0.2, 0.25) is 0 Å². The summed E-state index contributed by atoms with van der Waals surface area (Å²) in [6.45, 7) is 7.84. The van der Waals surface area contributed by atoms with Gasteiger partial charge in [-0.05, 0) is 32.9 Å². The summed E-state index contributed by atoms with van der Waals surface area (Å²) in [4.78, 5) is 22.0. The molecule has 8 nitrogen and oxygen atoms in total. The van der Waals surface area contributed by atoms with Crippen LogP contribution in [0.25, 0.3) is 11.0 Å². The van der Waals surface area contributed by atoms with Gasteiger partial charge in [0.25, 0.3) is 5.56 Å². The van der Waals surface area contributed by atoms with Crippen LogP contribution in [0.1, 0.15) is 32.6 Å². The molecule has 0 radical (unpaired) electrons.